The predicted molar refractivity (Wildman–Crippen MR) is 64.4 cm³/mol. The largest absolute Gasteiger partial charge is 0.396 e. The Labute approximate surface area is 102 Å². The van der Waals surface area contributed by atoms with E-state index in [1.54, 1.807) is 4.90 Å². The average molecular weight is 242 g/mol. The van der Waals surface area contributed by atoms with E-state index in [9.17, 15) is 9.59 Å². The zero-order valence-electron chi connectivity index (χ0n) is 10.4. The predicted octanol–water partition coefficient (Wildman–Crippen LogP) is 0.276. The lowest BCUT2D eigenvalue weighted by Gasteiger charge is -2.26. The van der Waals surface area contributed by atoms with Gasteiger partial charge in [0.1, 0.15) is 0 Å². The normalized spacial score (nSPS) is 18.0. The third-order valence-corrected chi connectivity index (χ3v) is 2.96. The molecule has 2 N–H and O–H groups in total. The minimum Gasteiger partial charge on any atom is -0.396 e. The molecule has 0 aromatic rings. The second-order valence-electron chi connectivity index (χ2n) is 4.61. The van der Waals surface area contributed by atoms with Crippen LogP contribution in [0.4, 0.5) is 0 Å². The SMILES string of the molecule is CC(CCCO)NC(=O)CN1CCCCC1=O. The Bertz CT molecular complexity index is 268. The lowest BCUT2D eigenvalue weighted by Crippen LogP contribution is -2.45. The number of aliphatic hydroxyl groups excluding tert-OH is 1. The van der Waals surface area contributed by atoms with Crippen molar-refractivity contribution >= 4 is 11.8 Å². The van der Waals surface area contributed by atoms with Gasteiger partial charge in [0.25, 0.3) is 0 Å². The van der Waals surface area contributed by atoms with Crippen molar-refractivity contribution in [2.45, 2.75) is 45.1 Å². The van der Waals surface area contributed by atoms with Crippen LogP contribution in [0.2, 0.25) is 0 Å². The molecule has 1 rings (SSSR count). The van der Waals surface area contributed by atoms with Gasteiger partial charge in [0.15, 0.2) is 0 Å². The molecule has 0 aromatic carbocycles. The van der Waals surface area contributed by atoms with Crippen molar-refractivity contribution < 1.29 is 14.7 Å². The molecule has 0 spiro atoms. The number of nitrogens with one attached hydrogen (secondary N) is 1. The Balaban J connectivity index is 2.25. The molecule has 1 aliphatic heterocycles. The molecule has 0 radical (unpaired) electrons. The lowest BCUT2D eigenvalue weighted by atomic mass is 10.1. The van der Waals surface area contributed by atoms with Gasteiger partial charge in [-0.2, -0.15) is 0 Å². The van der Waals surface area contributed by atoms with Crippen LogP contribution in [0.15, 0.2) is 0 Å². The van der Waals surface area contributed by atoms with Gasteiger partial charge in [0.2, 0.25) is 11.8 Å². The van der Waals surface area contributed by atoms with E-state index in [0.717, 1.165) is 19.3 Å². The van der Waals surface area contributed by atoms with Crippen molar-refractivity contribution in [3.63, 3.8) is 0 Å². The number of carbonyl (C=O) groups is 2. The highest BCUT2D eigenvalue weighted by atomic mass is 16.3. The maximum Gasteiger partial charge on any atom is 0.239 e. The Kier molecular flexibility index (Phi) is 5.97. The fourth-order valence-electron chi connectivity index (χ4n) is 1.99. The maximum atomic E-state index is 11.7. The van der Waals surface area contributed by atoms with Crippen LogP contribution in [-0.4, -0.2) is 47.6 Å². The minimum atomic E-state index is -0.106. The highest BCUT2D eigenvalue weighted by Crippen LogP contribution is 2.09. The van der Waals surface area contributed by atoms with Gasteiger partial charge in [0, 0.05) is 25.6 Å². The number of likely N-dealkylation sites (tertiary alicyclic amines) is 1. The lowest BCUT2D eigenvalue weighted by molar-refractivity contribution is -0.138. The van der Waals surface area contributed by atoms with Gasteiger partial charge in [-0.3, -0.25) is 9.59 Å². The molecule has 1 unspecified atom stereocenters. The Morgan fingerprint density at radius 3 is 2.94 bits per heavy atom. The molecule has 1 heterocycles. The van der Waals surface area contributed by atoms with Gasteiger partial charge in [-0.1, -0.05) is 0 Å². The van der Waals surface area contributed by atoms with Crippen molar-refractivity contribution in [3.8, 4) is 0 Å². The van der Waals surface area contributed by atoms with Crippen LogP contribution < -0.4 is 5.32 Å². The topological polar surface area (TPSA) is 69.6 Å². The standard InChI is InChI=1S/C12H22N2O3/c1-10(5-4-8-15)13-11(16)9-14-7-3-2-6-12(14)17/h10,15H,2-9H2,1H3,(H,13,16). The van der Waals surface area contributed by atoms with E-state index in [0.29, 0.717) is 19.4 Å². The first-order chi connectivity index (χ1) is 8.13. The molecule has 5 nitrogen and oxygen atoms in total. The van der Waals surface area contributed by atoms with Crippen molar-refractivity contribution in [1.82, 2.24) is 10.2 Å². The zero-order chi connectivity index (χ0) is 12.7. The Hall–Kier alpha value is -1.10. The molecule has 1 atom stereocenters. The number of hydrogen-bond acceptors (Lipinski definition) is 3. The molecule has 0 saturated carbocycles. The number of carbonyl (C=O) groups excluding carboxylic acids is 2. The first kappa shape index (κ1) is 14.0. The average Bonchev–Trinajstić information content (AvgIpc) is 2.29. The van der Waals surface area contributed by atoms with E-state index in [4.69, 9.17) is 5.11 Å². The van der Waals surface area contributed by atoms with E-state index < -0.39 is 0 Å². The van der Waals surface area contributed by atoms with Crippen molar-refractivity contribution in [2.75, 3.05) is 19.7 Å². The number of rotatable bonds is 6. The quantitative estimate of drug-likeness (QED) is 0.702. The molecule has 1 saturated heterocycles. The smallest absolute Gasteiger partial charge is 0.239 e. The van der Waals surface area contributed by atoms with Crippen molar-refractivity contribution in [3.05, 3.63) is 0 Å². The molecular formula is C12H22N2O3. The monoisotopic (exact) mass is 242 g/mol. The zero-order valence-corrected chi connectivity index (χ0v) is 10.4. The van der Waals surface area contributed by atoms with Crippen LogP contribution in [0.1, 0.15) is 39.0 Å². The van der Waals surface area contributed by atoms with E-state index >= 15 is 0 Å². The molecule has 17 heavy (non-hydrogen) atoms. The summed E-state index contributed by atoms with van der Waals surface area (Å²) in [7, 11) is 0. The summed E-state index contributed by atoms with van der Waals surface area (Å²) < 4.78 is 0. The van der Waals surface area contributed by atoms with Gasteiger partial charge in [-0.15, -0.1) is 0 Å². The molecule has 1 aliphatic rings. The molecule has 2 amide bonds. The number of amides is 2. The maximum absolute atomic E-state index is 11.7. The first-order valence-electron chi connectivity index (χ1n) is 6.31. The molecule has 0 aliphatic carbocycles. The molecule has 5 heteroatoms. The van der Waals surface area contributed by atoms with E-state index in [1.165, 1.54) is 0 Å². The van der Waals surface area contributed by atoms with Crippen LogP contribution in [0.5, 0.6) is 0 Å². The minimum absolute atomic E-state index is 0.0505. The number of aliphatic hydroxyl groups is 1. The summed E-state index contributed by atoms with van der Waals surface area (Å²) in [4.78, 5) is 24.8. The molecular weight excluding hydrogens is 220 g/mol. The Morgan fingerprint density at radius 2 is 2.29 bits per heavy atom. The molecule has 0 aromatic heterocycles. The van der Waals surface area contributed by atoms with Crippen LogP contribution in [0.3, 0.4) is 0 Å². The summed E-state index contributed by atoms with van der Waals surface area (Å²) in [5.41, 5.74) is 0. The summed E-state index contributed by atoms with van der Waals surface area (Å²) in [6.07, 6.45) is 3.93. The summed E-state index contributed by atoms with van der Waals surface area (Å²) in [6, 6.07) is 0.0505. The Morgan fingerprint density at radius 1 is 1.53 bits per heavy atom. The fourth-order valence-corrected chi connectivity index (χ4v) is 1.99. The van der Waals surface area contributed by atoms with Gasteiger partial charge in [-0.25, -0.2) is 0 Å². The summed E-state index contributed by atoms with van der Waals surface area (Å²) in [6.45, 7) is 2.91. The van der Waals surface area contributed by atoms with Crippen molar-refractivity contribution in [2.24, 2.45) is 0 Å². The highest BCUT2D eigenvalue weighted by Gasteiger charge is 2.20. The van der Waals surface area contributed by atoms with E-state index in [1.807, 2.05) is 6.92 Å². The van der Waals surface area contributed by atoms with Gasteiger partial charge < -0.3 is 15.3 Å². The van der Waals surface area contributed by atoms with E-state index in [2.05, 4.69) is 5.32 Å². The number of hydrogen-bond donors (Lipinski definition) is 2. The van der Waals surface area contributed by atoms with Gasteiger partial charge in [0.05, 0.1) is 6.54 Å². The van der Waals surface area contributed by atoms with Crippen LogP contribution in [-0.2, 0) is 9.59 Å². The van der Waals surface area contributed by atoms with Crippen molar-refractivity contribution in [1.29, 1.82) is 0 Å². The fraction of sp³-hybridized carbons (Fsp3) is 0.833. The highest BCUT2D eigenvalue weighted by molar-refractivity contribution is 5.85. The number of piperidine rings is 1. The van der Waals surface area contributed by atoms with E-state index in [-0.39, 0.29) is 31.0 Å². The van der Waals surface area contributed by atoms with Crippen LogP contribution in [0, 0.1) is 0 Å². The van der Waals surface area contributed by atoms with Gasteiger partial charge >= 0.3 is 0 Å². The third-order valence-electron chi connectivity index (χ3n) is 2.96. The van der Waals surface area contributed by atoms with Crippen LogP contribution >= 0.6 is 0 Å². The number of nitrogens with zero attached hydrogens (tertiary/aromatic N) is 1. The summed E-state index contributed by atoms with van der Waals surface area (Å²) >= 11 is 0. The second kappa shape index (κ2) is 7.27. The summed E-state index contributed by atoms with van der Waals surface area (Å²) in [5.74, 6) is -0.0277. The molecule has 98 valence electrons. The molecule has 0 bridgehead atoms. The first-order valence-corrected chi connectivity index (χ1v) is 6.31. The third kappa shape index (κ3) is 5.17. The van der Waals surface area contributed by atoms with Gasteiger partial charge in [-0.05, 0) is 32.6 Å². The summed E-state index contributed by atoms with van der Waals surface area (Å²) in [5, 5.41) is 11.5. The second-order valence-corrected chi connectivity index (χ2v) is 4.61. The van der Waals surface area contributed by atoms with Crippen LogP contribution in [0.25, 0.3) is 0 Å². The molecule has 1 fully saturated rings.